The summed E-state index contributed by atoms with van der Waals surface area (Å²) in [6, 6.07) is 17.9. The number of rotatable bonds is 8. The molecule has 0 saturated carbocycles. The zero-order valence-corrected chi connectivity index (χ0v) is 29.6. The fraction of sp³-hybridized carbons (Fsp3) is 0.385. The molecule has 0 aliphatic carbocycles. The van der Waals surface area contributed by atoms with Crippen molar-refractivity contribution in [1.82, 2.24) is 30.1 Å². The Balaban J connectivity index is 0.810. The highest BCUT2D eigenvalue weighted by molar-refractivity contribution is 6.30. The van der Waals surface area contributed by atoms with E-state index in [1.165, 1.54) is 16.8 Å². The van der Waals surface area contributed by atoms with Crippen molar-refractivity contribution < 1.29 is 19.5 Å². The van der Waals surface area contributed by atoms with Gasteiger partial charge in [0, 0.05) is 63.1 Å². The molecule has 3 fully saturated rings. The van der Waals surface area contributed by atoms with Crippen LogP contribution < -0.4 is 15.5 Å². The maximum Gasteiger partial charge on any atom is 0.255 e. The first-order valence-corrected chi connectivity index (χ1v) is 18.4. The molecule has 1 unspecified atom stereocenters. The fourth-order valence-electron chi connectivity index (χ4n) is 7.99. The number of aromatic nitrogens is 3. The molecule has 3 N–H and O–H groups in total. The quantitative estimate of drug-likeness (QED) is 0.215. The maximum absolute atomic E-state index is 13.1. The second kappa shape index (κ2) is 14.3. The van der Waals surface area contributed by atoms with Crippen LogP contribution in [0.5, 0.6) is 0 Å². The van der Waals surface area contributed by atoms with Crippen molar-refractivity contribution in [3.05, 3.63) is 106 Å². The number of imide groups is 1. The van der Waals surface area contributed by atoms with Gasteiger partial charge in [-0.2, -0.15) is 0 Å². The van der Waals surface area contributed by atoms with Crippen molar-refractivity contribution >= 4 is 46.8 Å². The minimum atomic E-state index is -0.978. The van der Waals surface area contributed by atoms with Crippen molar-refractivity contribution in [3.8, 4) is 0 Å². The van der Waals surface area contributed by atoms with Crippen molar-refractivity contribution in [2.45, 2.75) is 69.2 Å². The number of piperidine rings is 3. The monoisotopic (exact) mass is 720 g/mol. The molecular formula is C39H41ClN8O4. The van der Waals surface area contributed by atoms with Gasteiger partial charge in [0.2, 0.25) is 17.8 Å². The Hall–Kier alpha value is -4.91. The summed E-state index contributed by atoms with van der Waals surface area (Å²) < 4.78 is 0. The summed E-state index contributed by atoms with van der Waals surface area (Å²) in [5.74, 6) is 0.701. The van der Waals surface area contributed by atoms with E-state index in [2.05, 4.69) is 65.7 Å². The predicted molar refractivity (Wildman–Crippen MR) is 196 cm³/mol. The van der Waals surface area contributed by atoms with Gasteiger partial charge in [-0.25, -0.2) is 15.0 Å². The minimum absolute atomic E-state index is 0.201. The summed E-state index contributed by atoms with van der Waals surface area (Å²) in [4.78, 5) is 56.5. The third kappa shape index (κ3) is 7.10. The molecule has 0 spiro atoms. The van der Waals surface area contributed by atoms with Crippen molar-refractivity contribution in [2.75, 3.05) is 36.4 Å². The van der Waals surface area contributed by atoms with Gasteiger partial charge in [-0.1, -0.05) is 41.9 Å². The highest BCUT2D eigenvalue weighted by Gasteiger charge is 2.41. The molecule has 2 aromatic heterocycles. The first kappa shape index (κ1) is 34.2. The van der Waals surface area contributed by atoms with E-state index in [4.69, 9.17) is 11.6 Å². The molecule has 4 aliphatic rings. The Morgan fingerprint density at radius 2 is 1.63 bits per heavy atom. The number of benzene rings is 2. The van der Waals surface area contributed by atoms with E-state index in [0.717, 1.165) is 56.7 Å². The molecule has 6 heterocycles. The molecule has 12 nitrogen and oxygen atoms in total. The fourth-order valence-corrected chi connectivity index (χ4v) is 8.08. The van der Waals surface area contributed by atoms with Crippen LogP contribution in [-0.4, -0.2) is 79.8 Å². The number of pyridine rings is 1. The number of amides is 3. The lowest BCUT2D eigenvalue weighted by Crippen LogP contribution is -2.52. The molecule has 3 amide bonds. The Labute approximate surface area is 307 Å². The first-order chi connectivity index (χ1) is 25.2. The molecule has 4 aliphatic heterocycles. The van der Waals surface area contributed by atoms with E-state index in [1.54, 1.807) is 23.4 Å². The van der Waals surface area contributed by atoms with Crippen molar-refractivity contribution in [1.29, 1.82) is 0 Å². The molecule has 8 rings (SSSR count). The van der Waals surface area contributed by atoms with Crippen LogP contribution in [-0.2, 0) is 28.3 Å². The largest absolute Gasteiger partial charge is 0.385 e. The average molecular weight is 721 g/mol. The number of fused-ring (bicyclic) bond motifs is 1. The number of anilines is 3. The van der Waals surface area contributed by atoms with Gasteiger partial charge in [0.25, 0.3) is 5.91 Å². The Morgan fingerprint density at radius 3 is 2.33 bits per heavy atom. The molecule has 1 atom stereocenters. The number of aliphatic hydroxyl groups is 1. The Bertz CT molecular complexity index is 1960. The molecule has 0 radical (unpaired) electrons. The number of halogens is 1. The summed E-state index contributed by atoms with van der Waals surface area (Å²) in [6.07, 6.45) is 8.90. The number of hydrogen-bond donors (Lipinski definition) is 3. The number of nitrogens with one attached hydrogen (secondary N) is 2. The van der Waals surface area contributed by atoms with Crippen LogP contribution in [0.1, 0.15) is 77.1 Å². The second-order valence-corrected chi connectivity index (χ2v) is 14.8. The SMILES string of the molecule is O=C1CCC(N2Cc3cc(C4(O)CCN(Cc5ccc(N6CCC(c7ccc(Nc8ncc(Cl)cn8)nc7)CC6)cc5)CC4)ccc3C2=O)C(=O)N1. The van der Waals surface area contributed by atoms with E-state index in [-0.39, 0.29) is 18.2 Å². The predicted octanol–water partition coefficient (Wildman–Crippen LogP) is 4.90. The zero-order valence-electron chi connectivity index (χ0n) is 28.8. The van der Waals surface area contributed by atoms with E-state index >= 15 is 0 Å². The molecule has 268 valence electrons. The highest BCUT2D eigenvalue weighted by atomic mass is 35.5. The van der Waals surface area contributed by atoms with Gasteiger partial charge < -0.3 is 20.2 Å². The third-order valence-corrected chi connectivity index (χ3v) is 11.3. The van der Waals surface area contributed by atoms with E-state index in [9.17, 15) is 19.5 Å². The minimum Gasteiger partial charge on any atom is -0.385 e. The second-order valence-electron chi connectivity index (χ2n) is 14.3. The third-order valence-electron chi connectivity index (χ3n) is 11.1. The highest BCUT2D eigenvalue weighted by Crippen LogP contribution is 2.37. The molecule has 2 aromatic carbocycles. The lowest BCUT2D eigenvalue weighted by Gasteiger charge is -2.39. The number of likely N-dealkylation sites (tertiary alicyclic amines) is 1. The molecule has 4 aromatic rings. The topological polar surface area (TPSA) is 144 Å². The Kier molecular flexibility index (Phi) is 9.37. The van der Waals surface area contributed by atoms with Gasteiger partial charge in [0.1, 0.15) is 11.9 Å². The molecule has 0 bridgehead atoms. The van der Waals surface area contributed by atoms with Crippen LogP contribution >= 0.6 is 11.6 Å². The molecule has 52 heavy (non-hydrogen) atoms. The van der Waals surface area contributed by atoms with Crippen molar-refractivity contribution in [2.24, 2.45) is 0 Å². The standard InChI is InChI=1S/C39H41ClN8O4/c40-30-21-42-38(43-22-30)44-34-9-3-27(20-41-34)26-11-15-47(16-12-26)31-5-1-25(2-6-31)23-46-17-13-39(52,14-18-46)29-4-7-32-28(19-29)24-48(37(32)51)33-8-10-35(49)45-36(33)50/h1-7,9,19-22,26,33,52H,8,10-18,23-24H2,(H,45,49,50)(H,41,42,43,44). The normalized spacial score (nSPS) is 20.9. The lowest BCUT2D eigenvalue weighted by atomic mass is 9.83. The molecule has 3 saturated heterocycles. The summed E-state index contributed by atoms with van der Waals surface area (Å²) in [5.41, 5.74) is 4.94. The van der Waals surface area contributed by atoms with E-state index < -0.39 is 17.6 Å². The van der Waals surface area contributed by atoms with Crippen molar-refractivity contribution in [3.63, 3.8) is 0 Å². The van der Waals surface area contributed by atoms with Crippen LogP contribution in [0.2, 0.25) is 5.02 Å². The van der Waals surface area contributed by atoms with E-state index in [1.807, 2.05) is 24.4 Å². The van der Waals surface area contributed by atoms with Gasteiger partial charge in [-0.05, 0) is 84.5 Å². The number of carbonyl (C=O) groups excluding carboxylic acids is 3. The number of nitrogens with zero attached hydrogens (tertiary/aromatic N) is 6. The van der Waals surface area contributed by atoms with Crippen LogP contribution in [0.4, 0.5) is 17.5 Å². The van der Waals surface area contributed by atoms with Gasteiger partial charge in [0.05, 0.1) is 23.0 Å². The van der Waals surface area contributed by atoms with Crippen LogP contribution in [0.3, 0.4) is 0 Å². The smallest absolute Gasteiger partial charge is 0.255 e. The van der Waals surface area contributed by atoms with Crippen LogP contribution in [0, 0.1) is 0 Å². The molecular weight excluding hydrogens is 680 g/mol. The molecule has 13 heteroatoms. The van der Waals surface area contributed by atoms with Crippen LogP contribution in [0.15, 0.2) is 73.2 Å². The van der Waals surface area contributed by atoms with E-state index in [0.29, 0.717) is 54.1 Å². The number of hydrogen-bond acceptors (Lipinski definition) is 10. The maximum atomic E-state index is 13.1. The summed E-state index contributed by atoms with van der Waals surface area (Å²) in [7, 11) is 0. The Morgan fingerprint density at radius 1 is 0.885 bits per heavy atom. The lowest BCUT2D eigenvalue weighted by molar-refractivity contribution is -0.136. The van der Waals surface area contributed by atoms with Gasteiger partial charge in [-0.3, -0.25) is 24.6 Å². The number of carbonyl (C=O) groups is 3. The summed E-state index contributed by atoms with van der Waals surface area (Å²) >= 11 is 5.87. The van der Waals surface area contributed by atoms with Gasteiger partial charge >= 0.3 is 0 Å². The summed E-state index contributed by atoms with van der Waals surface area (Å²) in [6.45, 7) is 4.60. The average Bonchev–Trinajstić information content (AvgIpc) is 3.49. The summed E-state index contributed by atoms with van der Waals surface area (Å²) in [5, 5.41) is 17.7. The van der Waals surface area contributed by atoms with Crippen LogP contribution in [0.25, 0.3) is 0 Å². The van der Waals surface area contributed by atoms with Gasteiger partial charge in [-0.15, -0.1) is 0 Å². The first-order valence-electron chi connectivity index (χ1n) is 18.0. The zero-order chi connectivity index (χ0) is 35.8. The van der Waals surface area contributed by atoms with Gasteiger partial charge in [0.15, 0.2) is 0 Å².